The van der Waals surface area contributed by atoms with Gasteiger partial charge in [-0.3, -0.25) is 0 Å². The fourth-order valence-electron chi connectivity index (χ4n) is 2.96. The molecule has 0 aromatic carbocycles. The zero-order valence-corrected chi connectivity index (χ0v) is 9.06. The summed E-state index contributed by atoms with van der Waals surface area (Å²) in [7, 11) is 0. The van der Waals surface area contributed by atoms with Crippen molar-refractivity contribution in [3.05, 3.63) is 0 Å². The molecular formula is C11H20OS. The lowest BCUT2D eigenvalue weighted by molar-refractivity contribution is 0.132. The van der Waals surface area contributed by atoms with Gasteiger partial charge < -0.3 is 5.11 Å². The van der Waals surface area contributed by atoms with E-state index in [0.717, 1.165) is 11.8 Å². The van der Waals surface area contributed by atoms with Crippen LogP contribution in [-0.2, 0) is 0 Å². The Morgan fingerprint density at radius 2 is 1.92 bits per heavy atom. The molecule has 1 aliphatic heterocycles. The van der Waals surface area contributed by atoms with Crippen molar-refractivity contribution in [2.24, 2.45) is 17.8 Å². The fourth-order valence-corrected chi connectivity index (χ4v) is 4.31. The zero-order valence-electron chi connectivity index (χ0n) is 8.24. The molecule has 1 nitrogen and oxygen atoms in total. The van der Waals surface area contributed by atoms with Crippen molar-refractivity contribution in [3.63, 3.8) is 0 Å². The normalized spacial score (nSPS) is 32.5. The first-order chi connectivity index (χ1) is 6.42. The van der Waals surface area contributed by atoms with Gasteiger partial charge in [-0.25, -0.2) is 0 Å². The van der Waals surface area contributed by atoms with Crippen molar-refractivity contribution >= 4 is 11.8 Å². The lowest BCUT2D eigenvalue weighted by Gasteiger charge is -2.26. The molecule has 0 aromatic rings. The molecule has 2 fully saturated rings. The number of aliphatic hydroxyl groups excluding tert-OH is 1. The van der Waals surface area contributed by atoms with Crippen molar-refractivity contribution in [1.82, 2.24) is 0 Å². The second-order valence-corrected chi connectivity index (χ2v) is 5.66. The largest absolute Gasteiger partial charge is 0.396 e. The van der Waals surface area contributed by atoms with Gasteiger partial charge in [-0.05, 0) is 35.7 Å². The predicted molar refractivity (Wildman–Crippen MR) is 58.0 cm³/mol. The third-order valence-electron chi connectivity index (χ3n) is 3.79. The summed E-state index contributed by atoms with van der Waals surface area (Å²) in [4.78, 5) is 0. The maximum absolute atomic E-state index is 9.44. The minimum Gasteiger partial charge on any atom is -0.396 e. The van der Waals surface area contributed by atoms with Crippen molar-refractivity contribution in [2.75, 3.05) is 18.1 Å². The Labute approximate surface area is 85.3 Å². The predicted octanol–water partition coefficient (Wildman–Crippen LogP) is 2.54. The smallest absolute Gasteiger partial charge is 0.0464 e. The van der Waals surface area contributed by atoms with Crippen LogP contribution in [0, 0.1) is 17.8 Å². The quantitative estimate of drug-likeness (QED) is 0.755. The average molecular weight is 200 g/mol. The molecule has 2 aliphatic rings. The van der Waals surface area contributed by atoms with Crippen LogP contribution in [0.4, 0.5) is 0 Å². The van der Waals surface area contributed by atoms with Crippen LogP contribution < -0.4 is 0 Å². The van der Waals surface area contributed by atoms with Crippen LogP contribution in [0.15, 0.2) is 0 Å². The van der Waals surface area contributed by atoms with Gasteiger partial charge >= 0.3 is 0 Å². The highest BCUT2D eigenvalue weighted by molar-refractivity contribution is 7.99. The Morgan fingerprint density at radius 1 is 1.15 bits per heavy atom. The van der Waals surface area contributed by atoms with Gasteiger partial charge in [0.05, 0.1) is 0 Å². The van der Waals surface area contributed by atoms with Gasteiger partial charge in [0.25, 0.3) is 0 Å². The van der Waals surface area contributed by atoms with Crippen LogP contribution in [0.3, 0.4) is 0 Å². The monoisotopic (exact) mass is 200 g/mol. The number of thioether (sulfide) groups is 1. The van der Waals surface area contributed by atoms with Gasteiger partial charge in [-0.2, -0.15) is 11.8 Å². The highest BCUT2D eigenvalue weighted by Crippen LogP contribution is 2.40. The topological polar surface area (TPSA) is 20.2 Å². The Kier molecular flexibility index (Phi) is 3.56. The molecule has 0 spiro atoms. The number of hydrogen-bond donors (Lipinski definition) is 1. The molecule has 0 aromatic heterocycles. The van der Waals surface area contributed by atoms with E-state index in [9.17, 15) is 5.11 Å². The van der Waals surface area contributed by atoms with Crippen LogP contribution in [-0.4, -0.2) is 23.2 Å². The molecule has 76 valence electrons. The van der Waals surface area contributed by atoms with E-state index in [4.69, 9.17) is 0 Å². The second kappa shape index (κ2) is 4.70. The summed E-state index contributed by atoms with van der Waals surface area (Å²) in [6, 6.07) is 0. The standard InChI is InChI=1S/C11H20OS/c12-7-11(9-3-1-2-4-9)10-5-6-13-8-10/h9-12H,1-8H2. The molecule has 2 heteroatoms. The average Bonchev–Trinajstić information content (AvgIpc) is 2.76. The van der Waals surface area contributed by atoms with Crippen molar-refractivity contribution in [3.8, 4) is 0 Å². The first-order valence-electron chi connectivity index (χ1n) is 5.60. The minimum absolute atomic E-state index is 0.440. The molecule has 0 amide bonds. The molecule has 13 heavy (non-hydrogen) atoms. The van der Waals surface area contributed by atoms with Crippen molar-refractivity contribution < 1.29 is 5.11 Å². The maximum atomic E-state index is 9.44. The van der Waals surface area contributed by atoms with E-state index in [-0.39, 0.29) is 0 Å². The summed E-state index contributed by atoms with van der Waals surface area (Å²) in [6.07, 6.45) is 6.92. The third-order valence-corrected chi connectivity index (χ3v) is 4.97. The summed E-state index contributed by atoms with van der Waals surface area (Å²) in [5.41, 5.74) is 0. The van der Waals surface area contributed by atoms with Gasteiger partial charge in [0, 0.05) is 6.61 Å². The molecule has 1 saturated carbocycles. The van der Waals surface area contributed by atoms with E-state index >= 15 is 0 Å². The highest BCUT2D eigenvalue weighted by Gasteiger charge is 2.32. The molecule has 2 rings (SSSR count). The van der Waals surface area contributed by atoms with Crippen molar-refractivity contribution in [2.45, 2.75) is 32.1 Å². The molecule has 1 N–H and O–H groups in total. The van der Waals surface area contributed by atoms with Gasteiger partial charge in [-0.15, -0.1) is 0 Å². The molecule has 0 bridgehead atoms. The summed E-state index contributed by atoms with van der Waals surface area (Å²) in [5.74, 6) is 4.96. The van der Waals surface area contributed by atoms with Gasteiger partial charge in [0.15, 0.2) is 0 Å². The molecule has 0 radical (unpaired) electrons. The Bertz CT molecular complexity index is 132. The number of aliphatic hydroxyl groups is 1. The molecule has 1 saturated heterocycles. The summed E-state index contributed by atoms with van der Waals surface area (Å²) in [5, 5.41) is 9.44. The first-order valence-corrected chi connectivity index (χ1v) is 6.76. The Morgan fingerprint density at radius 3 is 2.46 bits per heavy atom. The third kappa shape index (κ3) is 2.21. The van der Waals surface area contributed by atoms with E-state index in [1.165, 1.54) is 43.6 Å². The summed E-state index contributed by atoms with van der Waals surface area (Å²) < 4.78 is 0. The van der Waals surface area contributed by atoms with Crippen LogP contribution >= 0.6 is 11.8 Å². The number of hydrogen-bond acceptors (Lipinski definition) is 2. The van der Waals surface area contributed by atoms with Crippen LogP contribution in [0.5, 0.6) is 0 Å². The molecule has 2 unspecified atom stereocenters. The maximum Gasteiger partial charge on any atom is 0.0464 e. The fraction of sp³-hybridized carbons (Fsp3) is 1.00. The summed E-state index contributed by atoms with van der Waals surface area (Å²) in [6.45, 7) is 0.440. The summed E-state index contributed by atoms with van der Waals surface area (Å²) >= 11 is 2.07. The second-order valence-electron chi connectivity index (χ2n) is 4.51. The van der Waals surface area contributed by atoms with Gasteiger partial charge in [-0.1, -0.05) is 25.7 Å². The van der Waals surface area contributed by atoms with E-state index in [2.05, 4.69) is 11.8 Å². The lowest BCUT2D eigenvalue weighted by Crippen LogP contribution is -2.25. The zero-order chi connectivity index (χ0) is 9.10. The highest BCUT2D eigenvalue weighted by atomic mass is 32.2. The van der Waals surface area contributed by atoms with E-state index in [1.54, 1.807) is 0 Å². The Hall–Kier alpha value is 0.310. The van der Waals surface area contributed by atoms with Crippen LogP contribution in [0.1, 0.15) is 32.1 Å². The molecule has 1 aliphatic carbocycles. The van der Waals surface area contributed by atoms with Gasteiger partial charge in [0.2, 0.25) is 0 Å². The van der Waals surface area contributed by atoms with E-state index < -0.39 is 0 Å². The van der Waals surface area contributed by atoms with E-state index in [0.29, 0.717) is 12.5 Å². The van der Waals surface area contributed by atoms with Crippen molar-refractivity contribution in [1.29, 1.82) is 0 Å². The van der Waals surface area contributed by atoms with E-state index in [1.807, 2.05) is 0 Å². The SMILES string of the molecule is OCC(C1CCCC1)C1CCSC1. The molecule has 1 heterocycles. The Balaban J connectivity index is 1.90. The number of rotatable bonds is 3. The van der Waals surface area contributed by atoms with Crippen LogP contribution in [0.25, 0.3) is 0 Å². The van der Waals surface area contributed by atoms with Gasteiger partial charge in [0.1, 0.15) is 0 Å². The van der Waals surface area contributed by atoms with Crippen LogP contribution in [0.2, 0.25) is 0 Å². The molecule has 2 atom stereocenters. The first kappa shape index (κ1) is 9.85. The molecular weight excluding hydrogens is 180 g/mol. The lowest BCUT2D eigenvalue weighted by atomic mass is 9.81. The minimum atomic E-state index is 0.440.